The van der Waals surface area contributed by atoms with Crippen LogP contribution in [0.4, 0.5) is 0 Å². The second kappa shape index (κ2) is 8.45. The normalized spacial score (nSPS) is 25.2. The average Bonchev–Trinajstić information content (AvgIpc) is 3.39. The molecular weight excluding hydrogens is 290 g/mol. The van der Waals surface area contributed by atoms with Gasteiger partial charge in [0.25, 0.3) is 0 Å². The van der Waals surface area contributed by atoms with Gasteiger partial charge in [-0.25, -0.2) is 0 Å². The molecule has 0 bridgehead atoms. The third-order valence-electron chi connectivity index (χ3n) is 5.65. The Kier molecular flexibility index (Phi) is 6.31. The molecule has 0 aromatic rings. The number of ether oxygens (including phenoxy) is 1. The van der Waals surface area contributed by atoms with Gasteiger partial charge in [0, 0.05) is 31.6 Å². The molecule has 5 nitrogen and oxygen atoms in total. The van der Waals surface area contributed by atoms with Gasteiger partial charge in [-0.15, -0.1) is 0 Å². The van der Waals surface area contributed by atoms with Gasteiger partial charge < -0.3 is 15.4 Å². The van der Waals surface area contributed by atoms with Crippen molar-refractivity contribution >= 4 is 5.91 Å². The molecule has 2 saturated carbocycles. The topological polar surface area (TPSA) is 53.6 Å². The smallest absolute Gasteiger partial charge is 0.233 e. The molecule has 132 valence electrons. The Balaban J connectivity index is 1.43. The van der Waals surface area contributed by atoms with E-state index in [2.05, 4.69) is 15.5 Å². The minimum Gasteiger partial charge on any atom is -0.379 e. The zero-order valence-electron chi connectivity index (χ0n) is 14.4. The van der Waals surface area contributed by atoms with Crippen LogP contribution in [-0.4, -0.2) is 63.3 Å². The minimum atomic E-state index is 0.164. The first-order valence-corrected chi connectivity index (χ1v) is 9.53. The molecule has 0 unspecified atom stereocenters. The van der Waals surface area contributed by atoms with Gasteiger partial charge >= 0.3 is 0 Å². The van der Waals surface area contributed by atoms with Crippen LogP contribution < -0.4 is 10.6 Å². The molecule has 3 fully saturated rings. The molecule has 0 spiro atoms. The Labute approximate surface area is 140 Å². The van der Waals surface area contributed by atoms with Crippen LogP contribution in [0.25, 0.3) is 0 Å². The van der Waals surface area contributed by atoms with E-state index in [0.717, 1.165) is 51.9 Å². The van der Waals surface area contributed by atoms with Crippen molar-refractivity contribution in [1.29, 1.82) is 0 Å². The molecular formula is C18H33N3O2. The molecule has 1 amide bonds. The second-order valence-corrected chi connectivity index (χ2v) is 7.80. The van der Waals surface area contributed by atoms with Gasteiger partial charge in [0.05, 0.1) is 19.8 Å². The number of nitrogens with one attached hydrogen (secondary N) is 2. The maximum Gasteiger partial charge on any atom is 0.233 e. The highest BCUT2D eigenvalue weighted by molar-refractivity contribution is 5.78. The largest absolute Gasteiger partial charge is 0.379 e. The fourth-order valence-corrected chi connectivity index (χ4v) is 3.99. The molecule has 0 aromatic heterocycles. The van der Waals surface area contributed by atoms with Crippen molar-refractivity contribution in [3.63, 3.8) is 0 Å². The van der Waals surface area contributed by atoms with E-state index in [-0.39, 0.29) is 11.3 Å². The lowest BCUT2D eigenvalue weighted by Gasteiger charge is -2.42. The van der Waals surface area contributed by atoms with E-state index in [1.165, 1.54) is 44.9 Å². The molecule has 23 heavy (non-hydrogen) atoms. The van der Waals surface area contributed by atoms with Crippen molar-refractivity contribution in [2.75, 3.05) is 52.5 Å². The zero-order valence-corrected chi connectivity index (χ0v) is 14.4. The van der Waals surface area contributed by atoms with Gasteiger partial charge in [-0.3, -0.25) is 9.69 Å². The molecule has 2 aliphatic carbocycles. The predicted octanol–water partition coefficient (Wildman–Crippen LogP) is 1.38. The van der Waals surface area contributed by atoms with Crippen LogP contribution in [0, 0.1) is 11.3 Å². The molecule has 1 aliphatic heterocycles. The van der Waals surface area contributed by atoms with Crippen LogP contribution in [0.1, 0.15) is 44.9 Å². The molecule has 1 saturated heterocycles. The van der Waals surface area contributed by atoms with E-state index in [1.807, 2.05) is 0 Å². The summed E-state index contributed by atoms with van der Waals surface area (Å²) >= 11 is 0. The Bertz CT molecular complexity index is 372. The molecule has 3 aliphatic rings. The third kappa shape index (κ3) is 5.73. The van der Waals surface area contributed by atoms with Crippen LogP contribution >= 0.6 is 0 Å². The number of rotatable bonds is 8. The second-order valence-electron chi connectivity index (χ2n) is 7.80. The van der Waals surface area contributed by atoms with Crippen LogP contribution in [0.5, 0.6) is 0 Å². The van der Waals surface area contributed by atoms with E-state index in [1.54, 1.807) is 0 Å². The summed E-state index contributed by atoms with van der Waals surface area (Å²) in [5, 5.41) is 6.51. The quantitative estimate of drug-likeness (QED) is 0.709. The van der Waals surface area contributed by atoms with E-state index in [4.69, 9.17) is 4.74 Å². The van der Waals surface area contributed by atoms with Crippen LogP contribution in [0.3, 0.4) is 0 Å². The summed E-state index contributed by atoms with van der Waals surface area (Å²) < 4.78 is 5.47. The average molecular weight is 323 g/mol. The van der Waals surface area contributed by atoms with Crippen LogP contribution in [0.2, 0.25) is 0 Å². The van der Waals surface area contributed by atoms with Gasteiger partial charge in [0.1, 0.15) is 0 Å². The molecule has 0 atom stereocenters. The summed E-state index contributed by atoms with van der Waals surface area (Å²) in [5.41, 5.74) is 0.280. The highest BCUT2D eigenvalue weighted by atomic mass is 16.5. The van der Waals surface area contributed by atoms with Crippen molar-refractivity contribution < 1.29 is 9.53 Å². The number of carbonyl (C=O) groups is 1. The Morgan fingerprint density at radius 1 is 1.13 bits per heavy atom. The maximum atomic E-state index is 12.1. The van der Waals surface area contributed by atoms with Crippen LogP contribution in [0.15, 0.2) is 0 Å². The summed E-state index contributed by atoms with van der Waals surface area (Å²) in [4.78, 5) is 14.6. The number of morpholine rings is 1. The molecule has 2 N–H and O–H groups in total. The third-order valence-corrected chi connectivity index (χ3v) is 5.65. The summed E-state index contributed by atoms with van der Waals surface area (Å²) in [6.45, 7) is 7.23. The molecule has 0 radical (unpaired) electrons. The molecule has 1 heterocycles. The molecule has 5 heteroatoms. The first kappa shape index (κ1) is 17.2. The van der Waals surface area contributed by atoms with Crippen LogP contribution in [-0.2, 0) is 9.53 Å². The Morgan fingerprint density at radius 3 is 2.57 bits per heavy atom. The van der Waals surface area contributed by atoms with E-state index in [0.29, 0.717) is 6.54 Å². The van der Waals surface area contributed by atoms with Crippen molar-refractivity contribution in [2.45, 2.75) is 44.9 Å². The maximum absolute atomic E-state index is 12.1. The Hall–Kier alpha value is -0.650. The lowest BCUT2D eigenvalue weighted by molar-refractivity contribution is -0.121. The summed E-state index contributed by atoms with van der Waals surface area (Å²) in [6, 6.07) is 0. The van der Waals surface area contributed by atoms with Crippen molar-refractivity contribution in [3.05, 3.63) is 0 Å². The first-order valence-electron chi connectivity index (χ1n) is 9.53. The van der Waals surface area contributed by atoms with E-state index < -0.39 is 0 Å². The van der Waals surface area contributed by atoms with Crippen molar-refractivity contribution in [1.82, 2.24) is 15.5 Å². The molecule has 0 aromatic carbocycles. The number of carbonyl (C=O) groups excluding carboxylic acids is 1. The van der Waals surface area contributed by atoms with Crippen molar-refractivity contribution in [3.8, 4) is 0 Å². The Morgan fingerprint density at radius 2 is 1.87 bits per heavy atom. The zero-order chi connectivity index (χ0) is 16.0. The van der Waals surface area contributed by atoms with E-state index >= 15 is 0 Å². The van der Waals surface area contributed by atoms with Gasteiger partial charge in [-0.05, 0) is 38.1 Å². The number of hydrogen-bond donors (Lipinski definition) is 2. The standard InChI is InChI=1S/C18H33N3O2/c22-17(13-19-12-16-4-5-16)20-14-18(6-2-1-3-7-18)15-21-8-10-23-11-9-21/h16,19H,1-15H2,(H,20,22). The SMILES string of the molecule is O=C(CNCC1CC1)NCC1(CN2CCOCC2)CCCCC1. The monoisotopic (exact) mass is 323 g/mol. The number of hydrogen-bond acceptors (Lipinski definition) is 4. The van der Waals surface area contributed by atoms with Gasteiger partial charge in [-0.1, -0.05) is 19.3 Å². The lowest BCUT2D eigenvalue weighted by atomic mass is 9.73. The fourth-order valence-electron chi connectivity index (χ4n) is 3.99. The number of amides is 1. The molecule has 3 rings (SSSR count). The van der Waals surface area contributed by atoms with Gasteiger partial charge in [0.15, 0.2) is 0 Å². The summed E-state index contributed by atoms with van der Waals surface area (Å²) in [7, 11) is 0. The van der Waals surface area contributed by atoms with E-state index in [9.17, 15) is 4.79 Å². The summed E-state index contributed by atoms with van der Waals surface area (Å²) in [5.74, 6) is 0.992. The van der Waals surface area contributed by atoms with Gasteiger partial charge in [0.2, 0.25) is 5.91 Å². The predicted molar refractivity (Wildman–Crippen MR) is 91.4 cm³/mol. The number of nitrogens with zero attached hydrogens (tertiary/aromatic N) is 1. The van der Waals surface area contributed by atoms with Gasteiger partial charge in [-0.2, -0.15) is 0 Å². The lowest BCUT2D eigenvalue weighted by Crippen LogP contribution is -2.50. The fraction of sp³-hybridized carbons (Fsp3) is 0.944. The summed E-state index contributed by atoms with van der Waals surface area (Å²) in [6.07, 6.45) is 9.12. The highest BCUT2D eigenvalue weighted by Crippen LogP contribution is 2.36. The van der Waals surface area contributed by atoms with Crippen molar-refractivity contribution in [2.24, 2.45) is 11.3 Å². The minimum absolute atomic E-state index is 0.164. The highest BCUT2D eigenvalue weighted by Gasteiger charge is 2.34. The first-order chi connectivity index (χ1) is 11.3.